The van der Waals surface area contributed by atoms with Crippen LogP contribution in [0.5, 0.6) is 5.75 Å². The number of hydrogen-bond acceptors (Lipinski definition) is 6. The minimum Gasteiger partial charge on any atom is -0.508 e. The maximum atomic E-state index is 13.9. The Kier molecular flexibility index (Phi) is 3.85. The summed E-state index contributed by atoms with van der Waals surface area (Å²) in [6, 6.07) is 3.37. The zero-order valence-electron chi connectivity index (χ0n) is 15.0. The van der Waals surface area contributed by atoms with Crippen molar-refractivity contribution in [1.29, 1.82) is 0 Å². The van der Waals surface area contributed by atoms with Gasteiger partial charge in [0.2, 0.25) is 11.8 Å². The van der Waals surface area contributed by atoms with Crippen LogP contribution in [-0.4, -0.2) is 62.5 Å². The molecule has 2 aromatic rings. The summed E-state index contributed by atoms with van der Waals surface area (Å²) >= 11 is 0. The highest BCUT2D eigenvalue weighted by Gasteiger charge is 2.44. The summed E-state index contributed by atoms with van der Waals surface area (Å²) in [5.41, 5.74) is -0.0830. The number of rotatable bonds is 4. The van der Waals surface area contributed by atoms with Crippen molar-refractivity contribution in [1.82, 2.24) is 19.9 Å². The number of aromatic nitrogens is 2. The van der Waals surface area contributed by atoms with E-state index in [2.05, 4.69) is 10.1 Å². The molecule has 8 nitrogen and oxygen atoms in total. The fourth-order valence-corrected chi connectivity index (χ4v) is 3.84. The van der Waals surface area contributed by atoms with E-state index in [0.29, 0.717) is 37.9 Å². The van der Waals surface area contributed by atoms with E-state index in [1.807, 2.05) is 0 Å². The molecule has 9 heteroatoms. The Morgan fingerprint density at radius 3 is 2.71 bits per heavy atom. The first kappa shape index (κ1) is 17.2. The molecule has 1 aromatic carbocycles. The molecule has 0 radical (unpaired) electrons. The van der Waals surface area contributed by atoms with Crippen LogP contribution in [0.4, 0.5) is 4.39 Å². The third-order valence-corrected chi connectivity index (χ3v) is 5.68. The number of likely N-dealkylation sites (tertiary alicyclic amines) is 2. The number of aromatic hydroxyl groups is 1. The Morgan fingerprint density at radius 1 is 1.21 bits per heavy atom. The third-order valence-electron chi connectivity index (χ3n) is 5.68. The third kappa shape index (κ3) is 2.90. The van der Waals surface area contributed by atoms with Crippen LogP contribution in [0.25, 0.3) is 0 Å². The number of carbonyl (C=O) groups excluding carboxylic acids is 2. The second kappa shape index (κ2) is 6.29. The average Bonchev–Trinajstić information content (AvgIpc) is 3.22. The second-order valence-corrected chi connectivity index (χ2v) is 7.74. The second-order valence-electron chi connectivity index (χ2n) is 7.74. The summed E-state index contributed by atoms with van der Waals surface area (Å²) in [5, 5.41) is 13.3. The lowest BCUT2D eigenvalue weighted by molar-refractivity contribution is -0.132. The van der Waals surface area contributed by atoms with Crippen molar-refractivity contribution in [3.05, 3.63) is 41.3 Å². The minimum absolute atomic E-state index is 0.00378. The molecule has 3 fully saturated rings. The first-order chi connectivity index (χ1) is 13.5. The normalized spacial score (nSPS) is 22.6. The van der Waals surface area contributed by atoms with Crippen molar-refractivity contribution < 1.29 is 23.6 Å². The van der Waals surface area contributed by atoms with Crippen molar-refractivity contribution in [2.75, 3.05) is 19.6 Å². The first-order valence-corrected chi connectivity index (χ1v) is 9.40. The largest absolute Gasteiger partial charge is 0.508 e. The summed E-state index contributed by atoms with van der Waals surface area (Å²) in [4.78, 5) is 32.5. The van der Waals surface area contributed by atoms with Crippen LogP contribution in [-0.2, 0) is 4.79 Å². The fourth-order valence-electron chi connectivity index (χ4n) is 3.84. The molecule has 146 valence electrons. The van der Waals surface area contributed by atoms with Crippen molar-refractivity contribution in [2.45, 2.75) is 37.1 Å². The van der Waals surface area contributed by atoms with Crippen LogP contribution in [0, 0.1) is 5.82 Å². The number of phenols is 1. The summed E-state index contributed by atoms with van der Waals surface area (Å²) in [6.45, 7) is 1.20. The molecule has 1 aliphatic carbocycles. The standard InChI is InChI=1S/C19H19FN4O4/c20-15-6-13(25)3-4-14(15)19(27)23-8-12(9-23)24-7-11(5-16(24)26)18-21-17(22-28-18)10-1-2-10/h3-4,6,10-12,25H,1-2,5,7-9H2. The first-order valence-electron chi connectivity index (χ1n) is 9.40. The molecular weight excluding hydrogens is 367 g/mol. The van der Waals surface area contributed by atoms with E-state index in [-0.39, 0.29) is 29.2 Å². The van der Waals surface area contributed by atoms with Crippen LogP contribution < -0.4 is 0 Å². The number of nitrogens with zero attached hydrogens (tertiary/aromatic N) is 4. The van der Waals surface area contributed by atoms with Gasteiger partial charge < -0.3 is 19.4 Å². The van der Waals surface area contributed by atoms with E-state index in [4.69, 9.17) is 4.52 Å². The lowest BCUT2D eigenvalue weighted by atomic mass is 10.0. The van der Waals surface area contributed by atoms with Gasteiger partial charge in [0.05, 0.1) is 17.5 Å². The predicted molar refractivity (Wildman–Crippen MR) is 93.1 cm³/mol. The van der Waals surface area contributed by atoms with Gasteiger partial charge in [-0.05, 0) is 25.0 Å². The smallest absolute Gasteiger partial charge is 0.256 e. The number of benzene rings is 1. The van der Waals surface area contributed by atoms with Gasteiger partial charge in [-0.3, -0.25) is 9.59 Å². The van der Waals surface area contributed by atoms with Crippen LogP contribution in [0.3, 0.4) is 0 Å². The number of hydrogen-bond donors (Lipinski definition) is 1. The van der Waals surface area contributed by atoms with Gasteiger partial charge in [-0.2, -0.15) is 4.98 Å². The van der Waals surface area contributed by atoms with Gasteiger partial charge >= 0.3 is 0 Å². The molecule has 1 N–H and O–H groups in total. The molecule has 1 unspecified atom stereocenters. The van der Waals surface area contributed by atoms with Gasteiger partial charge in [-0.15, -0.1) is 0 Å². The Balaban J connectivity index is 1.21. The molecule has 1 saturated carbocycles. The summed E-state index contributed by atoms with van der Waals surface area (Å²) < 4.78 is 19.2. The van der Waals surface area contributed by atoms with E-state index >= 15 is 0 Å². The maximum absolute atomic E-state index is 13.9. The number of halogens is 1. The molecule has 28 heavy (non-hydrogen) atoms. The molecule has 2 saturated heterocycles. The predicted octanol–water partition coefficient (Wildman–Crippen LogP) is 1.63. The molecule has 0 bridgehead atoms. The average molecular weight is 386 g/mol. The van der Waals surface area contributed by atoms with Crippen LogP contribution in [0.15, 0.2) is 22.7 Å². The monoisotopic (exact) mass is 386 g/mol. The topological polar surface area (TPSA) is 99.8 Å². The van der Waals surface area contributed by atoms with E-state index < -0.39 is 11.7 Å². The molecule has 5 rings (SSSR count). The Hall–Kier alpha value is -2.97. The van der Waals surface area contributed by atoms with Gasteiger partial charge in [0.25, 0.3) is 5.91 Å². The summed E-state index contributed by atoms with van der Waals surface area (Å²) in [6.07, 6.45) is 2.49. The molecule has 3 aliphatic rings. The molecule has 2 aliphatic heterocycles. The summed E-state index contributed by atoms with van der Waals surface area (Å²) in [7, 11) is 0. The lowest BCUT2D eigenvalue weighted by Gasteiger charge is -2.44. The van der Waals surface area contributed by atoms with Crippen LogP contribution in [0.1, 0.15) is 53.2 Å². The lowest BCUT2D eigenvalue weighted by Crippen LogP contribution is -2.61. The highest BCUT2D eigenvalue weighted by molar-refractivity contribution is 5.95. The number of carbonyl (C=O) groups is 2. The maximum Gasteiger partial charge on any atom is 0.256 e. The highest BCUT2D eigenvalue weighted by Crippen LogP contribution is 2.39. The molecule has 0 spiro atoms. The van der Waals surface area contributed by atoms with E-state index in [1.54, 1.807) is 4.90 Å². The number of phenolic OH excluding ortho intramolecular Hbond substituents is 1. The Bertz CT molecular complexity index is 951. The SMILES string of the molecule is O=C(c1ccc(O)cc1F)N1CC(N2CC(c3nc(C4CC4)no3)CC2=O)C1. The Morgan fingerprint density at radius 2 is 2.00 bits per heavy atom. The van der Waals surface area contributed by atoms with Crippen molar-refractivity contribution in [3.8, 4) is 5.75 Å². The zero-order chi connectivity index (χ0) is 19.4. The van der Waals surface area contributed by atoms with Crippen molar-refractivity contribution in [2.24, 2.45) is 0 Å². The summed E-state index contributed by atoms with van der Waals surface area (Å²) in [5.74, 6) is 0.105. The minimum atomic E-state index is -0.756. The van der Waals surface area contributed by atoms with Crippen molar-refractivity contribution >= 4 is 11.8 Å². The van der Waals surface area contributed by atoms with E-state index in [0.717, 1.165) is 24.7 Å². The fraction of sp³-hybridized carbons (Fsp3) is 0.474. The van der Waals surface area contributed by atoms with Gasteiger partial charge in [0, 0.05) is 38.0 Å². The van der Waals surface area contributed by atoms with Crippen molar-refractivity contribution in [3.63, 3.8) is 0 Å². The highest BCUT2D eigenvalue weighted by atomic mass is 19.1. The van der Waals surface area contributed by atoms with Gasteiger partial charge in [-0.25, -0.2) is 4.39 Å². The van der Waals surface area contributed by atoms with Crippen LogP contribution in [0.2, 0.25) is 0 Å². The van der Waals surface area contributed by atoms with Gasteiger partial charge in [0.15, 0.2) is 5.82 Å². The number of amides is 2. The van der Waals surface area contributed by atoms with Gasteiger partial charge in [-0.1, -0.05) is 5.16 Å². The molecule has 3 heterocycles. The Labute approximate surface area is 159 Å². The molecule has 1 atom stereocenters. The zero-order valence-corrected chi connectivity index (χ0v) is 15.0. The molecular formula is C19H19FN4O4. The quantitative estimate of drug-likeness (QED) is 0.857. The molecule has 1 aromatic heterocycles. The van der Waals surface area contributed by atoms with E-state index in [9.17, 15) is 19.1 Å². The van der Waals surface area contributed by atoms with E-state index in [1.165, 1.54) is 17.0 Å². The molecule has 2 amide bonds. The van der Waals surface area contributed by atoms with Gasteiger partial charge in [0.1, 0.15) is 11.6 Å². The van der Waals surface area contributed by atoms with Crippen LogP contribution >= 0.6 is 0 Å².